The van der Waals surface area contributed by atoms with E-state index in [1.54, 1.807) is 24.3 Å². The lowest BCUT2D eigenvalue weighted by atomic mass is 10.2. The van der Waals surface area contributed by atoms with Crippen LogP contribution >= 0.6 is 0 Å². The summed E-state index contributed by atoms with van der Waals surface area (Å²) < 4.78 is 9.97. The third kappa shape index (κ3) is 4.11. The Morgan fingerprint density at radius 3 is 2.52 bits per heavy atom. The number of rotatable bonds is 5. The largest absolute Gasteiger partial charge is 0.452 e. The summed E-state index contributed by atoms with van der Waals surface area (Å²) in [5, 5.41) is 3.23. The predicted molar refractivity (Wildman–Crippen MR) is 91.1 cm³/mol. The van der Waals surface area contributed by atoms with Crippen molar-refractivity contribution in [1.82, 2.24) is 5.32 Å². The Hall–Kier alpha value is -3.41. The van der Waals surface area contributed by atoms with Crippen LogP contribution in [-0.4, -0.2) is 18.5 Å². The normalized spacial score (nSPS) is 10.4. The van der Waals surface area contributed by atoms with Crippen LogP contribution in [0.1, 0.15) is 15.9 Å². The maximum atomic E-state index is 12.0. The summed E-state index contributed by atoms with van der Waals surface area (Å²) in [4.78, 5) is 35.6. The van der Waals surface area contributed by atoms with Crippen molar-refractivity contribution >= 4 is 22.8 Å². The zero-order valence-corrected chi connectivity index (χ0v) is 13.2. The first-order chi connectivity index (χ1) is 12.1. The Balaban J connectivity index is 1.60. The van der Waals surface area contributed by atoms with Crippen LogP contribution in [0.25, 0.3) is 11.0 Å². The van der Waals surface area contributed by atoms with Gasteiger partial charge in [0.25, 0.3) is 5.91 Å². The van der Waals surface area contributed by atoms with Crippen LogP contribution in [0.15, 0.2) is 69.9 Å². The minimum Gasteiger partial charge on any atom is -0.452 e. The molecule has 6 nitrogen and oxygen atoms in total. The van der Waals surface area contributed by atoms with Gasteiger partial charge in [-0.25, -0.2) is 9.59 Å². The van der Waals surface area contributed by atoms with E-state index in [-0.39, 0.29) is 5.56 Å². The number of carbonyl (C=O) groups excluding carboxylic acids is 2. The smallest absolute Gasteiger partial charge is 0.351 e. The summed E-state index contributed by atoms with van der Waals surface area (Å²) in [5.74, 6) is -1.35. The molecule has 0 aliphatic rings. The summed E-state index contributed by atoms with van der Waals surface area (Å²) in [6.07, 6.45) is 0. The van der Waals surface area contributed by atoms with E-state index in [9.17, 15) is 14.4 Å². The van der Waals surface area contributed by atoms with Crippen LogP contribution < -0.4 is 10.9 Å². The van der Waals surface area contributed by atoms with Gasteiger partial charge in [-0.05, 0) is 17.7 Å². The molecule has 0 spiro atoms. The molecule has 0 aliphatic carbocycles. The monoisotopic (exact) mass is 337 g/mol. The van der Waals surface area contributed by atoms with Crippen molar-refractivity contribution in [3.63, 3.8) is 0 Å². The van der Waals surface area contributed by atoms with E-state index in [0.29, 0.717) is 17.5 Å². The molecular weight excluding hydrogens is 322 g/mol. The zero-order valence-electron chi connectivity index (χ0n) is 13.2. The lowest BCUT2D eigenvalue weighted by Crippen LogP contribution is -2.29. The van der Waals surface area contributed by atoms with Crippen molar-refractivity contribution < 1.29 is 18.7 Å². The SMILES string of the molecule is O=C(COC(=O)c1cc2ccccc2oc1=O)NCc1ccccc1. The van der Waals surface area contributed by atoms with Gasteiger partial charge in [-0.3, -0.25) is 4.79 Å². The second kappa shape index (κ2) is 7.44. The lowest BCUT2D eigenvalue weighted by Gasteiger charge is -2.06. The molecule has 25 heavy (non-hydrogen) atoms. The summed E-state index contributed by atoms with van der Waals surface area (Å²) in [7, 11) is 0. The van der Waals surface area contributed by atoms with Crippen molar-refractivity contribution in [2.24, 2.45) is 0 Å². The van der Waals surface area contributed by atoms with E-state index in [4.69, 9.17) is 9.15 Å². The highest BCUT2D eigenvalue weighted by Gasteiger charge is 2.16. The first kappa shape index (κ1) is 16.4. The summed E-state index contributed by atoms with van der Waals surface area (Å²) >= 11 is 0. The van der Waals surface area contributed by atoms with Crippen molar-refractivity contribution in [2.75, 3.05) is 6.61 Å². The van der Waals surface area contributed by atoms with E-state index in [2.05, 4.69) is 5.32 Å². The van der Waals surface area contributed by atoms with E-state index in [0.717, 1.165) is 5.56 Å². The molecule has 3 rings (SSSR count). The number of amides is 1. The third-order valence-electron chi connectivity index (χ3n) is 3.53. The van der Waals surface area contributed by atoms with Crippen molar-refractivity contribution in [1.29, 1.82) is 0 Å². The Kier molecular flexibility index (Phi) is 4.89. The zero-order chi connectivity index (χ0) is 17.6. The first-order valence-corrected chi connectivity index (χ1v) is 7.64. The highest BCUT2D eigenvalue weighted by Crippen LogP contribution is 2.13. The van der Waals surface area contributed by atoms with E-state index >= 15 is 0 Å². The van der Waals surface area contributed by atoms with Gasteiger partial charge >= 0.3 is 11.6 Å². The molecule has 3 aromatic rings. The van der Waals surface area contributed by atoms with Gasteiger partial charge in [0.2, 0.25) is 0 Å². The minimum absolute atomic E-state index is 0.241. The van der Waals surface area contributed by atoms with Crippen LogP contribution in [0, 0.1) is 0 Å². The van der Waals surface area contributed by atoms with Crippen LogP contribution in [0.3, 0.4) is 0 Å². The quantitative estimate of drug-likeness (QED) is 0.570. The number of benzene rings is 2. The summed E-state index contributed by atoms with van der Waals surface area (Å²) in [5.41, 5.74) is 0.268. The molecule has 0 fully saturated rings. The predicted octanol–water partition coefficient (Wildman–Crippen LogP) is 2.27. The molecule has 0 atom stereocenters. The van der Waals surface area contributed by atoms with E-state index in [1.165, 1.54) is 6.07 Å². The van der Waals surface area contributed by atoms with Gasteiger partial charge in [0.1, 0.15) is 11.1 Å². The lowest BCUT2D eigenvalue weighted by molar-refractivity contribution is -0.124. The molecule has 1 aromatic heterocycles. The van der Waals surface area contributed by atoms with Gasteiger partial charge in [0, 0.05) is 11.9 Å². The molecule has 0 saturated carbocycles. The molecule has 0 saturated heterocycles. The average Bonchev–Trinajstić information content (AvgIpc) is 2.64. The highest BCUT2D eigenvalue weighted by atomic mass is 16.5. The molecule has 0 radical (unpaired) electrons. The highest BCUT2D eigenvalue weighted by molar-refractivity contribution is 5.94. The maximum absolute atomic E-state index is 12.0. The molecular formula is C19H15NO5. The number of hydrogen-bond donors (Lipinski definition) is 1. The first-order valence-electron chi connectivity index (χ1n) is 7.64. The Labute approximate surface area is 143 Å². The fourth-order valence-corrected chi connectivity index (χ4v) is 2.26. The second-order valence-corrected chi connectivity index (χ2v) is 5.32. The summed E-state index contributed by atoms with van der Waals surface area (Å²) in [6.45, 7) is -0.146. The fourth-order valence-electron chi connectivity index (χ4n) is 2.26. The van der Waals surface area contributed by atoms with Crippen LogP contribution in [0.4, 0.5) is 0 Å². The average molecular weight is 337 g/mol. The fraction of sp³-hybridized carbons (Fsp3) is 0.105. The van der Waals surface area contributed by atoms with Crippen LogP contribution in [-0.2, 0) is 16.1 Å². The van der Waals surface area contributed by atoms with Crippen molar-refractivity contribution in [2.45, 2.75) is 6.54 Å². The molecule has 0 unspecified atom stereocenters. The molecule has 1 amide bonds. The molecule has 1 heterocycles. The molecule has 2 aromatic carbocycles. The Morgan fingerprint density at radius 2 is 1.72 bits per heavy atom. The topological polar surface area (TPSA) is 85.6 Å². The molecule has 1 N–H and O–H groups in total. The third-order valence-corrected chi connectivity index (χ3v) is 3.53. The number of para-hydroxylation sites is 1. The molecule has 126 valence electrons. The van der Waals surface area contributed by atoms with Gasteiger partial charge in [-0.1, -0.05) is 48.5 Å². The van der Waals surface area contributed by atoms with Crippen LogP contribution in [0.2, 0.25) is 0 Å². The number of ether oxygens (including phenoxy) is 1. The Morgan fingerprint density at radius 1 is 1.00 bits per heavy atom. The molecule has 0 aliphatic heterocycles. The van der Waals surface area contributed by atoms with Crippen molar-refractivity contribution in [3.8, 4) is 0 Å². The maximum Gasteiger partial charge on any atom is 0.351 e. The summed E-state index contributed by atoms with van der Waals surface area (Å²) in [6, 6.07) is 17.5. The van der Waals surface area contributed by atoms with E-state index < -0.39 is 24.1 Å². The van der Waals surface area contributed by atoms with Crippen molar-refractivity contribution in [3.05, 3.63) is 82.2 Å². The van der Waals surface area contributed by atoms with E-state index in [1.807, 2.05) is 30.3 Å². The number of carbonyl (C=O) groups is 2. The molecule has 6 heteroatoms. The van der Waals surface area contributed by atoms with Gasteiger partial charge in [0.05, 0.1) is 0 Å². The number of nitrogens with one attached hydrogen (secondary N) is 1. The number of esters is 1. The standard InChI is InChI=1S/C19H15NO5/c21-17(20-11-13-6-2-1-3-7-13)12-24-18(22)15-10-14-8-4-5-9-16(14)25-19(15)23/h1-10H,11-12H2,(H,20,21). The van der Waals surface area contributed by atoms with Gasteiger partial charge in [-0.2, -0.15) is 0 Å². The minimum atomic E-state index is -0.894. The van der Waals surface area contributed by atoms with Crippen LogP contribution in [0.5, 0.6) is 0 Å². The van der Waals surface area contributed by atoms with Gasteiger partial charge in [0.15, 0.2) is 6.61 Å². The number of hydrogen-bond acceptors (Lipinski definition) is 5. The van der Waals surface area contributed by atoms with Gasteiger partial charge in [-0.15, -0.1) is 0 Å². The molecule has 0 bridgehead atoms. The second-order valence-electron chi connectivity index (χ2n) is 5.32. The Bertz CT molecular complexity index is 962. The van der Waals surface area contributed by atoms with Gasteiger partial charge < -0.3 is 14.5 Å². The number of fused-ring (bicyclic) bond motifs is 1.